The largest absolute Gasteiger partial charge is 0.507 e. The van der Waals surface area contributed by atoms with E-state index in [1.54, 1.807) is 6.07 Å². The molecule has 5 heteroatoms. The van der Waals surface area contributed by atoms with Gasteiger partial charge in [-0.15, -0.1) is 0 Å². The second-order valence-corrected chi connectivity index (χ2v) is 4.42. The van der Waals surface area contributed by atoms with Crippen LogP contribution in [0.3, 0.4) is 0 Å². The zero-order valence-electron chi connectivity index (χ0n) is 9.16. The van der Waals surface area contributed by atoms with Crippen molar-refractivity contribution < 1.29 is 19.6 Å². The summed E-state index contributed by atoms with van der Waals surface area (Å²) < 4.78 is 5.50. The van der Waals surface area contributed by atoms with Gasteiger partial charge in [0.05, 0.1) is 0 Å². The van der Waals surface area contributed by atoms with Crippen molar-refractivity contribution in [1.82, 2.24) is 0 Å². The molecule has 4 nitrogen and oxygen atoms in total. The molecule has 0 unspecified atom stereocenters. The number of aromatic hydroxyl groups is 1. The number of nitrogens with one attached hydrogen (secondary N) is 1. The first kappa shape index (κ1) is 11.9. The first-order valence-corrected chi connectivity index (χ1v) is 5.83. The highest BCUT2D eigenvalue weighted by atomic mass is 79.9. The Kier molecular flexibility index (Phi) is 3.28. The maximum Gasteiger partial charge on any atom is 0.303 e. The van der Waals surface area contributed by atoms with Gasteiger partial charge in [0.2, 0.25) is 11.2 Å². The molecule has 0 atom stereocenters. The highest BCUT2D eigenvalue weighted by Crippen LogP contribution is 2.29. The minimum absolute atomic E-state index is 0.165. The number of H-pyrrole nitrogens is 1. The van der Waals surface area contributed by atoms with Crippen molar-refractivity contribution in [2.24, 2.45) is 0 Å². The van der Waals surface area contributed by atoms with Crippen LogP contribution in [0.4, 0.5) is 0 Å². The van der Waals surface area contributed by atoms with Gasteiger partial charge in [-0.1, -0.05) is 0 Å². The molecule has 0 aliphatic carbocycles. The smallest absolute Gasteiger partial charge is 0.303 e. The Hall–Kier alpha value is -1.62. The molecule has 0 bridgehead atoms. The van der Waals surface area contributed by atoms with Crippen molar-refractivity contribution in [1.29, 1.82) is 0 Å². The number of aromatic nitrogens is 1. The number of hydrogen-bond donors (Lipinski definition) is 1. The fourth-order valence-electron chi connectivity index (χ4n) is 1.50. The van der Waals surface area contributed by atoms with Crippen LogP contribution in [0.15, 0.2) is 28.7 Å². The summed E-state index contributed by atoms with van der Waals surface area (Å²) in [5.41, 5.74) is 1.54. The van der Waals surface area contributed by atoms with Gasteiger partial charge in [-0.3, -0.25) is 4.79 Å². The normalized spacial score (nSPS) is 10.5. The summed E-state index contributed by atoms with van der Waals surface area (Å²) in [5, 5.41) is 10.5. The van der Waals surface area contributed by atoms with E-state index in [-0.39, 0.29) is 18.3 Å². The predicted molar refractivity (Wildman–Crippen MR) is 65.3 cm³/mol. The Balaban J connectivity index is 2.41. The number of halogens is 1. The number of phenolic OH excluding ortho intramolecular Hbond substituents is 1. The fraction of sp³-hybridized carbons (Fsp3) is 0.167. The molecule has 88 valence electrons. The Morgan fingerprint density at radius 2 is 2.12 bits per heavy atom. The van der Waals surface area contributed by atoms with E-state index in [9.17, 15) is 9.90 Å². The minimum Gasteiger partial charge on any atom is -0.507 e. The Bertz CT molecular complexity index is 583. The van der Waals surface area contributed by atoms with Crippen molar-refractivity contribution in [3.8, 4) is 5.75 Å². The number of carbonyl (C=O) groups is 1. The number of fused-ring (bicyclic) bond motifs is 1. The van der Waals surface area contributed by atoms with Gasteiger partial charge in [0.15, 0.2) is 6.61 Å². The molecule has 0 spiro atoms. The second-order valence-electron chi connectivity index (χ2n) is 3.63. The van der Waals surface area contributed by atoms with E-state index < -0.39 is 0 Å². The second kappa shape index (κ2) is 4.71. The molecule has 17 heavy (non-hydrogen) atoms. The number of pyridine rings is 1. The Labute approximate surface area is 106 Å². The highest BCUT2D eigenvalue weighted by Gasteiger charge is 2.12. The van der Waals surface area contributed by atoms with Gasteiger partial charge in [0.25, 0.3) is 0 Å². The molecule has 2 aromatic rings. The third-order valence-corrected chi connectivity index (χ3v) is 3.14. The van der Waals surface area contributed by atoms with E-state index in [1.165, 1.54) is 6.92 Å². The molecular formula is C12H11BrNO3+. The molecule has 2 N–H and O–H groups in total. The van der Waals surface area contributed by atoms with E-state index in [0.29, 0.717) is 4.47 Å². The molecule has 0 saturated carbocycles. The number of benzene rings is 1. The SMILES string of the molecule is CC(=O)OCc1ccc2ccc(O)c(Br)c2[nH+]1. The van der Waals surface area contributed by atoms with Gasteiger partial charge in [0, 0.05) is 18.4 Å². The van der Waals surface area contributed by atoms with E-state index in [4.69, 9.17) is 4.74 Å². The predicted octanol–water partition coefficient (Wildman–Crippen LogP) is 2.19. The number of phenols is 1. The van der Waals surface area contributed by atoms with Crippen LogP contribution in [-0.2, 0) is 16.1 Å². The lowest BCUT2D eigenvalue weighted by molar-refractivity contribution is -0.363. The summed E-state index contributed by atoms with van der Waals surface area (Å²) in [7, 11) is 0. The van der Waals surface area contributed by atoms with Gasteiger partial charge >= 0.3 is 5.97 Å². The van der Waals surface area contributed by atoms with Gasteiger partial charge < -0.3 is 9.84 Å². The van der Waals surface area contributed by atoms with Crippen LogP contribution in [-0.4, -0.2) is 11.1 Å². The molecule has 0 fully saturated rings. The summed E-state index contributed by atoms with van der Waals surface area (Å²) in [4.78, 5) is 13.8. The monoisotopic (exact) mass is 296 g/mol. The molecule has 0 radical (unpaired) electrons. The van der Waals surface area contributed by atoms with Crippen LogP contribution in [0.5, 0.6) is 5.75 Å². The summed E-state index contributed by atoms with van der Waals surface area (Å²) in [5.74, 6) is -0.160. The third kappa shape index (κ3) is 2.55. The maximum absolute atomic E-state index is 10.7. The quantitative estimate of drug-likeness (QED) is 0.864. The lowest BCUT2D eigenvalue weighted by atomic mass is 10.2. The van der Waals surface area contributed by atoms with Crippen LogP contribution in [0.2, 0.25) is 0 Å². The zero-order valence-corrected chi connectivity index (χ0v) is 10.7. The van der Waals surface area contributed by atoms with Crippen LogP contribution in [0.25, 0.3) is 10.9 Å². The number of carbonyl (C=O) groups excluding carboxylic acids is 1. The molecule has 0 aliphatic heterocycles. The van der Waals surface area contributed by atoms with Gasteiger partial charge in [-0.05, 0) is 34.1 Å². The number of aromatic amines is 1. The van der Waals surface area contributed by atoms with E-state index in [1.807, 2.05) is 18.2 Å². The lowest BCUT2D eigenvalue weighted by Gasteiger charge is -2.01. The average molecular weight is 297 g/mol. The highest BCUT2D eigenvalue weighted by molar-refractivity contribution is 9.10. The molecule has 0 aliphatic rings. The lowest BCUT2D eigenvalue weighted by Crippen LogP contribution is -2.14. The number of hydrogen-bond acceptors (Lipinski definition) is 3. The number of rotatable bonds is 2. The van der Waals surface area contributed by atoms with Crippen LogP contribution < -0.4 is 4.98 Å². The van der Waals surface area contributed by atoms with Crippen LogP contribution in [0, 0.1) is 0 Å². The number of ether oxygens (including phenoxy) is 1. The molecule has 1 aromatic carbocycles. The maximum atomic E-state index is 10.7. The van der Waals surface area contributed by atoms with Crippen molar-refractivity contribution in [2.75, 3.05) is 0 Å². The van der Waals surface area contributed by atoms with E-state index in [2.05, 4.69) is 20.9 Å². The van der Waals surface area contributed by atoms with E-state index >= 15 is 0 Å². The number of esters is 1. The first-order chi connectivity index (χ1) is 8.08. The summed E-state index contributed by atoms with van der Waals surface area (Å²) >= 11 is 3.31. The molecule has 1 aromatic heterocycles. The Morgan fingerprint density at radius 3 is 2.82 bits per heavy atom. The molecular weight excluding hydrogens is 286 g/mol. The van der Waals surface area contributed by atoms with Gasteiger partial charge in [-0.2, -0.15) is 0 Å². The zero-order chi connectivity index (χ0) is 12.4. The van der Waals surface area contributed by atoms with Crippen molar-refractivity contribution >= 4 is 32.8 Å². The van der Waals surface area contributed by atoms with E-state index in [0.717, 1.165) is 16.6 Å². The third-order valence-electron chi connectivity index (χ3n) is 2.33. The molecule has 0 saturated heterocycles. The minimum atomic E-state index is -0.325. The average Bonchev–Trinajstić information content (AvgIpc) is 2.31. The van der Waals surface area contributed by atoms with Gasteiger partial charge in [-0.25, -0.2) is 4.98 Å². The Morgan fingerprint density at radius 1 is 1.41 bits per heavy atom. The van der Waals surface area contributed by atoms with Crippen molar-refractivity contribution in [3.63, 3.8) is 0 Å². The van der Waals surface area contributed by atoms with Crippen LogP contribution in [0.1, 0.15) is 12.6 Å². The summed E-state index contributed by atoms with van der Waals surface area (Å²) in [6.07, 6.45) is 0. The topological polar surface area (TPSA) is 60.7 Å². The fourth-order valence-corrected chi connectivity index (χ4v) is 1.96. The molecule has 1 heterocycles. The summed E-state index contributed by atoms with van der Waals surface area (Å²) in [6, 6.07) is 7.16. The summed E-state index contributed by atoms with van der Waals surface area (Å²) in [6.45, 7) is 1.55. The van der Waals surface area contributed by atoms with Gasteiger partial charge in [0.1, 0.15) is 10.2 Å². The molecule has 2 rings (SSSR count). The van der Waals surface area contributed by atoms with Crippen molar-refractivity contribution in [2.45, 2.75) is 13.5 Å². The van der Waals surface area contributed by atoms with Crippen molar-refractivity contribution in [3.05, 3.63) is 34.4 Å². The molecule has 0 amide bonds. The first-order valence-electron chi connectivity index (χ1n) is 5.03. The standard InChI is InChI=1S/C12H10BrNO3/c1-7(15)17-6-9-4-2-8-3-5-10(16)11(13)12(8)14-9/h2-5,16H,6H2,1H3/p+1. The van der Waals surface area contributed by atoms with Crippen LogP contribution >= 0.6 is 15.9 Å².